The number of hydrogen-bond acceptors (Lipinski definition) is 3. The number of para-hydroxylation sites is 1. The van der Waals surface area contributed by atoms with E-state index >= 15 is 0 Å². The Morgan fingerprint density at radius 1 is 1.40 bits per heavy atom. The van der Waals surface area contributed by atoms with E-state index in [-0.39, 0.29) is 23.7 Å². The summed E-state index contributed by atoms with van der Waals surface area (Å²) in [6, 6.07) is 9.58. The van der Waals surface area contributed by atoms with Gasteiger partial charge in [-0.1, -0.05) is 25.1 Å². The highest BCUT2D eigenvalue weighted by molar-refractivity contribution is 5.90. The molecule has 1 saturated heterocycles. The number of rotatable bonds is 5. The van der Waals surface area contributed by atoms with Crippen molar-refractivity contribution in [1.82, 2.24) is 4.90 Å². The Morgan fingerprint density at radius 2 is 2.10 bits per heavy atom. The highest BCUT2D eigenvalue weighted by Crippen LogP contribution is 2.28. The molecule has 0 saturated carbocycles. The van der Waals surface area contributed by atoms with Crippen LogP contribution in [-0.2, 0) is 4.79 Å². The molecule has 1 amide bonds. The van der Waals surface area contributed by atoms with Gasteiger partial charge in [-0.05, 0) is 37.1 Å². The summed E-state index contributed by atoms with van der Waals surface area (Å²) >= 11 is 0. The first-order valence-electron chi connectivity index (χ1n) is 6.89. The zero-order chi connectivity index (χ0) is 13.7. The number of nitrogens with one attached hydrogen (secondary N) is 1. The van der Waals surface area contributed by atoms with Crippen molar-refractivity contribution in [2.24, 2.45) is 11.1 Å². The first kappa shape index (κ1) is 17.0. The molecule has 2 rings (SSSR count). The average Bonchev–Trinajstić information content (AvgIpc) is 2.80. The minimum Gasteiger partial charge on any atom is -0.330 e. The number of carbonyl (C=O) groups excluding carboxylic acids is 1. The van der Waals surface area contributed by atoms with Crippen LogP contribution in [0.4, 0.5) is 5.69 Å². The van der Waals surface area contributed by atoms with Crippen LogP contribution in [0.15, 0.2) is 30.3 Å². The minimum absolute atomic E-state index is 0. The van der Waals surface area contributed by atoms with Crippen LogP contribution in [0.3, 0.4) is 0 Å². The zero-order valence-electron chi connectivity index (χ0n) is 12.0. The lowest BCUT2D eigenvalue weighted by Gasteiger charge is -2.22. The molecule has 3 N–H and O–H groups in total. The molecule has 1 aromatic carbocycles. The van der Waals surface area contributed by atoms with Crippen LogP contribution in [0, 0.1) is 5.41 Å². The molecule has 20 heavy (non-hydrogen) atoms. The average molecular weight is 298 g/mol. The molecule has 112 valence electrons. The topological polar surface area (TPSA) is 58.4 Å². The summed E-state index contributed by atoms with van der Waals surface area (Å²) in [5.41, 5.74) is 6.88. The summed E-state index contributed by atoms with van der Waals surface area (Å²) in [6.07, 6.45) is 1.67. The molecular formula is C15H24ClN3O. The summed E-state index contributed by atoms with van der Waals surface area (Å²) in [5.74, 6) is 0.0764. The van der Waals surface area contributed by atoms with Crippen LogP contribution in [0.1, 0.15) is 19.8 Å². The van der Waals surface area contributed by atoms with E-state index in [9.17, 15) is 4.79 Å². The normalized spacial score (nSPS) is 22.3. The van der Waals surface area contributed by atoms with Crippen molar-refractivity contribution in [2.45, 2.75) is 19.8 Å². The fourth-order valence-electron chi connectivity index (χ4n) is 2.49. The fraction of sp³-hybridized carbons (Fsp3) is 0.533. The number of amides is 1. The second kappa shape index (κ2) is 7.62. The van der Waals surface area contributed by atoms with E-state index in [4.69, 9.17) is 5.73 Å². The number of benzene rings is 1. The number of carbonyl (C=O) groups is 1. The van der Waals surface area contributed by atoms with Crippen LogP contribution in [-0.4, -0.2) is 37.0 Å². The number of likely N-dealkylation sites (tertiary alicyclic amines) is 1. The third kappa shape index (κ3) is 4.78. The predicted octanol–water partition coefficient (Wildman–Crippen LogP) is 2.11. The van der Waals surface area contributed by atoms with E-state index in [2.05, 4.69) is 17.1 Å². The van der Waals surface area contributed by atoms with Crippen molar-refractivity contribution in [3.63, 3.8) is 0 Å². The van der Waals surface area contributed by atoms with E-state index in [1.165, 1.54) is 0 Å². The summed E-state index contributed by atoms with van der Waals surface area (Å²) in [6.45, 7) is 5.81. The molecule has 0 radical (unpaired) electrons. The molecular weight excluding hydrogens is 274 g/mol. The first-order chi connectivity index (χ1) is 9.11. The standard InChI is InChI=1S/C15H23N3O.ClH/c1-15(11-16)8-10-18(12-15)9-7-14(19)17-13-5-3-2-4-6-13;/h2-6H,7-12,16H2,1H3,(H,17,19);1H. The lowest BCUT2D eigenvalue weighted by atomic mass is 9.90. The first-order valence-corrected chi connectivity index (χ1v) is 6.89. The summed E-state index contributed by atoms with van der Waals surface area (Å²) in [4.78, 5) is 14.2. The van der Waals surface area contributed by atoms with E-state index in [0.717, 1.165) is 38.3 Å². The second-order valence-electron chi connectivity index (χ2n) is 5.71. The highest BCUT2D eigenvalue weighted by Gasteiger charge is 2.32. The van der Waals surface area contributed by atoms with Gasteiger partial charge >= 0.3 is 0 Å². The van der Waals surface area contributed by atoms with E-state index in [1.807, 2.05) is 30.3 Å². The third-order valence-corrected chi connectivity index (χ3v) is 3.84. The number of anilines is 1. The molecule has 0 bridgehead atoms. The smallest absolute Gasteiger partial charge is 0.225 e. The van der Waals surface area contributed by atoms with E-state index in [0.29, 0.717) is 6.42 Å². The van der Waals surface area contributed by atoms with Crippen LogP contribution < -0.4 is 11.1 Å². The van der Waals surface area contributed by atoms with Gasteiger partial charge in [0.2, 0.25) is 5.91 Å². The molecule has 1 atom stereocenters. The van der Waals surface area contributed by atoms with Gasteiger partial charge in [0, 0.05) is 25.2 Å². The van der Waals surface area contributed by atoms with Gasteiger partial charge in [0.05, 0.1) is 0 Å². The summed E-state index contributed by atoms with van der Waals surface area (Å²) in [7, 11) is 0. The lowest BCUT2D eigenvalue weighted by Crippen LogP contribution is -2.32. The van der Waals surface area contributed by atoms with Gasteiger partial charge < -0.3 is 16.0 Å². The third-order valence-electron chi connectivity index (χ3n) is 3.84. The maximum Gasteiger partial charge on any atom is 0.225 e. The second-order valence-corrected chi connectivity index (χ2v) is 5.71. The monoisotopic (exact) mass is 297 g/mol. The molecule has 1 heterocycles. The summed E-state index contributed by atoms with van der Waals surface area (Å²) < 4.78 is 0. The SMILES string of the molecule is CC1(CN)CCN(CCC(=O)Nc2ccccc2)C1.Cl. The van der Waals surface area contributed by atoms with E-state index in [1.54, 1.807) is 0 Å². The molecule has 1 aliphatic heterocycles. The largest absolute Gasteiger partial charge is 0.330 e. The molecule has 1 aromatic rings. The molecule has 4 nitrogen and oxygen atoms in total. The Kier molecular flexibility index (Phi) is 6.46. The molecule has 1 aliphatic rings. The Bertz CT molecular complexity index is 426. The number of nitrogens with zero attached hydrogens (tertiary/aromatic N) is 1. The Labute approximate surface area is 127 Å². The van der Waals surface area contributed by atoms with Crippen LogP contribution in [0.2, 0.25) is 0 Å². The lowest BCUT2D eigenvalue weighted by molar-refractivity contribution is -0.116. The van der Waals surface area contributed by atoms with Crippen molar-refractivity contribution < 1.29 is 4.79 Å². The Morgan fingerprint density at radius 3 is 2.70 bits per heavy atom. The fourth-order valence-corrected chi connectivity index (χ4v) is 2.49. The molecule has 5 heteroatoms. The van der Waals surface area contributed by atoms with Gasteiger partial charge in [-0.15, -0.1) is 12.4 Å². The van der Waals surface area contributed by atoms with E-state index < -0.39 is 0 Å². The van der Waals surface area contributed by atoms with Crippen molar-refractivity contribution >= 4 is 24.0 Å². The van der Waals surface area contributed by atoms with Gasteiger partial charge in [-0.25, -0.2) is 0 Å². The number of nitrogens with two attached hydrogens (primary N) is 1. The van der Waals surface area contributed by atoms with Crippen molar-refractivity contribution in [3.05, 3.63) is 30.3 Å². The molecule has 0 aliphatic carbocycles. The Balaban J connectivity index is 0.00000200. The molecule has 0 aromatic heterocycles. The van der Waals surface area contributed by atoms with Crippen LogP contribution in [0.5, 0.6) is 0 Å². The van der Waals surface area contributed by atoms with Gasteiger partial charge in [-0.3, -0.25) is 4.79 Å². The number of halogens is 1. The van der Waals surface area contributed by atoms with Gasteiger partial charge in [0.1, 0.15) is 0 Å². The van der Waals surface area contributed by atoms with Gasteiger partial charge in [0.15, 0.2) is 0 Å². The quantitative estimate of drug-likeness (QED) is 0.875. The predicted molar refractivity (Wildman–Crippen MR) is 85.2 cm³/mol. The highest BCUT2D eigenvalue weighted by atomic mass is 35.5. The number of hydrogen-bond donors (Lipinski definition) is 2. The summed E-state index contributed by atoms with van der Waals surface area (Å²) in [5, 5.41) is 2.91. The van der Waals surface area contributed by atoms with Gasteiger partial charge in [-0.2, -0.15) is 0 Å². The zero-order valence-corrected chi connectivity index (χ0v) is 12.8. The van der Waals surface area contributed by atoms with Crippen molar-refractivity contribution in [2.75, 3.05) is 31.5 Å². The maximum atomic E-state index is 11.8. The molecule has 1 fully saturated rings. The molecule has 1 unspecified atom stereocenters. The van der Waals surface area contributed by atoms with Crippen LogP contribution in [0.25, 0.3) is 0 Å². The minimum atomic E-state index is 0. The van der Waals surface area contributed by atoms with Crippen molar-refractivity contribution in [1.29, 1.82) is 0 Å². The Hall–Kier alpha value is -1.10. The van der Waals surface area contributed by atoms with Crippen molar-refractivity contribution in [3.8, 4) is 0 Å². The molecule has 0 spiro atoms. The van der Waals surface area contributed by atoms with Crippen LogP contribution >= 0.6 is 12.4 Å². The van der Waals surface area contributed by atoms with Gasteiger partial charge in [0.25, 0.3) is 0 Å². The maximum absolute atomic E-state index is 11.8.